The quantitative estimate of drug-likeness (QED) is 0.371. The molecule has 0 N–H and O–H groups in total. The summed E-state index contributed by atoms with van der Waals surface area (Å²) in [4.78, 5) is 25.7. The van der Waals surface area contributed by atoms with Crippen LogP contribution in [0.4, 0.5) is 0 Å². The lowest BCUT2D eigenvalue weighted by Gasteiger charge is -2.09. The first kappa shape index (κ1) is 15.2. The average molecular weight is 331 g/mol. The van der Waals surface area contributed by atoms with Gasteiger partial charge in [0.2, 0.25) is 11.5 Å². The van der Waals surface area contributed by atoms with Gasteiger partial charge >= 0.3 is 11.6 Å². The van der Waals surface area contributed by atoms with Crippen molar-refractivity contribution in [3.8, 4) is 11.4 Å². The zero-order valence-corrected chi connectivity index (χ0v) is 12.1. The van der Waals surface area contributed by atoms with Crippen molar-refractivity contribution in [1.29, 1.82) is 0 Å². The molecule has 3 aromatic rings. The van der Waals surface area contributed by atoms with Crippen molar-refractivity contribution in [2.24, 2.45) is 7.05 Å². The SMILES string of the molecule is Cn1ncc(C(c2nc(-c3ccccc3)no2)([N+](=O)[O-])[N+](=O)[O-])n1. The molecular weight excluding hydrogens is 322 g/mol. The molecule has 2 heterocycles. The average Bonchev–Trinajstić information content (AvgIpc) is 3.19. The molecule has 0 atom stereocenters. The molecule has 12 nitrogen and oxygen atoms in total. The van der Waals surface area contributed by atoms with Gasteiger partial charge in [-0.1, -0.05) is 35.5 Å². The van der Waals surface area contributed by atoms with E-state index < -0.39 is 27.1 Å². The molecule has 122 valence electrons. The highest BCUT2D eigenvalue weighted by Gasteiger charge is 2.68. The van der Waals surface area contributed by atoms with E-state index in [4.69, 9.17) is 4.52 Å². The molecule has 12 heteroatoms. The van der Waals surface area contributed by atoms with E-state index in [9.17, 15) is 20.2 Å². The molecule has 0 saturated carbocycles. The molecular formula is C12H9N7O5. The third-order valence-electron chi connectivity index (χ3n) is 3.24. The van der Waals surface area contributed by atoms with E-state index in [0.717, 1.165) is 11.0 Å². The predicted molar refractivity (Wildman–Crippen MR) is 75.5 cm³/mol. The van der Waals surface area contributed by atoms with Crippen LogP contribution in [-0.2, 0) is 12.7 Å². The summed E-state index contributed by atoms with van der Waals surface area (Å²) in [5.41, 5.74) is -3.08. The lowest BCUT2D eigenvalue weighted by atomic mass is 10.1. The summed E-state index contributed by atoms with van der Waals surface area (Å²) in [6.07, 6.45) is 0.915. The van der Waals surface area contributed by atoms with E-state index >= 15 is 0 Å². The van der Waals surface area contributed by atoms with Gasteiger partial charge in [-0.2, -0.15) is 14.9 Å². The van der Waals surface area contributed by atoms with E-state index in [2.05, 4.69) is 20.3 Å². The molecule has 0 aliphatic heterocycles. The summed E-state index contributed by atoms with van der Waals surface area (Å²) in [5.74, 6) is -0.820. The Labute approximate surface area is 133 Å². The number of benzene rings is 1. The highest BCUT2D eigenvalue weighted by molar-refractivity contribution is 5.53. The number of nitro groups is 2. The number of rotatable bonds is 5. The molecule has 0 aliphatic rings. The van der Waals surface area contributed by atoms with Crippen molar-refractivity contribution in [2.75, 3.05) is 0 Å². The fourth-order valence-corrected chi connectivity index (χ4v) is 2.09. The number of hydrogen-bond acceptors (Lipinski definition) is 9. The maximum Gasteiger partial charge on any atom is 0.581 e. The highest BCUT2D eigenvalue weighted by Crippen LogP contribution is 2.32. The standard InChI is InChI=1S/C12H9N7O5/c1-17-13-7-9(15-17)12(18(20)21,19(22)23)11-14-10(16-24-11)8-5-3-2-4-6-8/h2-7H,1H3. The third-order valence-corrected chi connectivity index (χ3v) is 3.24. The van der Waals surface area contributed by atoms with Crippen LogP contribution in [-0.4, -0.2) is 35.0 Å². The summed E-state index contributed by atoms with van der Waals surface area (Å²) >= 11 is 0. The molecule has 3 rings (SSSR count). The molecule has 0 spiro atoms. The van der Waals surface area contributed by atoms with Crippen molar-refractivity contribution in [3.05, 3.63) is 68.3 Å². The lowest BCUT2D eigenvalue weighted by molar-refractivity contribution is -0.800. The Hall–Kier alpha value is -3.70. The minimum atomic E-state index is -3.03. The van der Waals surface area contributed by atoms with Gasteiger partial charge in [0.25, 0.3) is 0 Å². The van der Waals surface area contributed by atoms with Crippen LogP contribution in [0.5, 0.6) is 0 Å². The van der Waals surface area contributed by atoms with Gasteiger partial charge in [-0.15, -0.1) is 5.10 Å². The van der Waals surface area contributed by atoms with Crippen LogP contribution in [0.2, 0.25) is 0 Å². The van der Waals surface area contributed by atoms with Gasteiger partial charge in [0.15, 0.2) is 0 Å². The molecule has 0 amide bonds. The van der Waals surface area contributed by atoms with Crippen LogP contribution in [0.15, 0.2) is 41.1 Å². The molecule has 0 radical (unpaired) electrons. The van der Waals surface area contributed by atoms with Crippen molar-refractivity contribution >= 4 is 0 Å². The number of nitrogens with zero attached hydrogens (tertiary/aromatic N) is 7. The topological polar surface area (TPSA) is 156 Å². The van der Waals surface area contributed by atoms with E-state index in [1.807, 2.05) is 0 Å². The van der Waals surface area contributed by atoms with Crippen LogP contribution in [0, 0.1) is 20.2 Å². The second kappa shape index (κ2) is 5.49. The summed E-state index contributed by atoms with van der Waals surface area (Å²) in [5, 5.41) is 34.1. The first-order valence-corrected chi connectivity index (χ1v) is 6.51. The maximum absolute atomic E-state index is 11.6. The van der Waals surface area contributed by atoms with Gasteiger partial charge in [-0.25, -0.2) is 0 Å². The molecule has 0 fully saturated rings. The lowest BCUT2D eigenvalue weighted by Crippen LogP contribution is -2.45. The Morgan fingerprint density at radius 1 is 1.17 bits per heavy atom. The first-order valence-electron chi connectivity index (χ1n) is 6.51. The Morgan fingerprint density at radius 2 is 1.83 bits per heavy atom. The predicted octanol–water partition coefficient (Wildman–Crippen LogP) is 0.620. The van der Waals surface area contributed by atoms with E-state index in [1.165, 1.54) is 7.05 Å². The largest absolute Gasteiger partial charge is 0.581 e. The highest BCUT2D eigenvalue weighted by atomic mass is 16.7. The van der Waals surface area contributed by atoms with Crippen LogP contribution in [0.25, 0.3) is 11.4 Å². The second-order valence-corrected chi connectivity index (χ2v) is 4.69. The minimum absolute atomic E-state index is 0.0115. The van der Waals surface area contributed by atoms with Gasteiger partial charge < -0.3 is 4.52 Å². The van der Waals surface area contributed by atoms with Gasteiger partial charge in [0, 0.05) is 12.6 Å². The molecule has 0 bridgehead atoms. The summed E-state index contributed by atoms with van der Waals surface area (Å²) in [7, 11) is 1.37. The van der Waals surface area contributed by atoms with Crippen LogP contribution >= 0.6 is 0 Å². The first-order chi connectivity index (χ1) is 11.5. The normalized spacial score (nSPS) is 11.4. The maximum atomic E-state index is 11.6. The van der Waals surface area contributed by atoms with Crippen LogP contribution in [0.3, 0.4) is 0 Å². The van der Waals surface area contributed by atoms with Gasteiger partial charge in [-0.3, -0.25) is 20.2 Å². The Bertz CT molecular complexity index is 889. The van der Waals surface area contributed by atoms with E-state index in [-0.39, 0.29) is 5.82 Å². The van der Waals surface area contributed by atoms with Crippen molar-refractivity contribution in [2.45, 2.75) is 5.66 Å². The van der Waals surface area contributed by atoms with E-state index in [0.29, 0.717) is 5.56 Å². The second-order valence-electron chi connectivity index (χ2n) is 4.69. The number of aryl methyl sites for hydroxylation is 1. The number of hydrogen-bond donors (Lipinski definition) is 0. The van der Waals surface area contributed by atoms with Crippen molar-refractivity contribution < 1.29 is 14.4 Å². The van der Waals surface area contributed by atoms with Crippen LogP contribution < -0.4 is 0 Å². The molecule has 0 saturated heterocycles. The Balaban J connectivity index is 2.19. The fraction of sp³-hybridized carbons (Fsp3) is 0.167. The number of aromatic nitrogens is 5. The Morgan fingerprint density at radius 3 is 2.38 bits per heavy atom. The van der Waals surface area contributed by atoms with Crippen molar-refractivity contribution in [1.82, 2.24) is 25.1 Å². The Kier molecular flexibility index (Phi) is 3.48. The molecule has 0 aliphatic carbocycles. The summed E-state index contributed by atoms with van der Waals surface area (Å²) in [6.45, 7) is 0. The molecule has 2 aromatic heterocycles. The van der Waals surface area contributed by atoms with Crippen molar-refractivity contribution in [3.63, 3.8) is 0 Å². The summed E-state index contributed by atoms with van der Waals surface area (Å²) < 4.78 is 4.85. The van der Waals surface area contributed by atoms with Gasteiger partial charge in [0.1, 0.15) is 9.85 Å². The zero-order valence-electron chi connectivity index (χ0n) is 12.1. The molecule has 0 unspecified atom stereocenters. The molecule has 1 aromatic carbocycles. The minimum Gasteiger partial charge on any atom is -0.322 e. The summed E-state index contributed by atoms with van der Waals surface area (Å²) in [6, 6.07) is 8.42. The van der Waals surface area contributed by atoms with E-state index in [1.54, 1.807) is 30.3 Å². The monoisotopic (exact) mass is 331 g/mol. The molecule has 24 heavy (non-hydrogen) atoms. The zero-order chi connectivity index (χ0) is 17.3. The smallest absolute Gasteiger partial charge is 0.322 e. The van der Waals surface area contributed by atoms with Gasteiger partial charge in [0.05, 0.1) is 6.20 Å². The van der Waals surface area contributed by atoms with Crippen LogP contribution in [0.1, 0.15) is 11.6 Å². The van der Waals surface area contributed by atoms with Gasteiger partial charge in [-0.05, 0) is 0 Å². The third kappa shape index (κ3) is 2.16. The fourth-order valence-electron chi connectivity index (χ4n) is 2.09.